The van der Waals surface area contributed by atoms with Crippen molar-refractivity contribution in [2.24, 2.45) is 0 Å². The Kier molecular flexibility index (Phi) is 5.61. The molecule has 122 valence electrons. The van der Waals surface area contributed by atoms with Crippen LogP contribution in [-0.4, -0.2) is 56.9 Å². The lowest BCUT2D eigenvalue weighted by atomic mass is 10.1. The molecule has 10 heteroatoms. The van der Waals surface area contributed by atoms with Crippen LogP contribution in [0.15, 0.2) is 24.5 Å². The van der Waals surface area contributed by atoms with E-state index in [4.69, 9.17) is 21.4 Å². The van der Waals surface area contributed by atoms with Crippen LogP contribution < -0.4 is 5.32 Å². The van der Waals surface area contributed by atoms with Crippen LogP contribution in [0.1, 0.15) is 16.8 Å². The average Bonchev–Trinajstić information content (AvgIpc) is 3.05. The van der Waals surface area contributed by atoms with Gasteiger partial charge < -0.3 is 15.2 Å². The van der Waals surface area contributed by atoms with Gasteiger partial charge in [0.15, 0.2) is 0 Å². The van der Waals surface area contributed by atoms with Gasteiger partial charge in [0.1, 0.15) is 12.4 Å². The van der Waals surface area contributed by atoms with Crippen LogP contribution in [0.2, 0.25) is 5.02 Å². The first kappa shape index (κ1) is 16.8. The molecule has 0 bridgehead atoms. The number of carboxylic acid groups (broad SMARTS) is 1. The number of nitrogens with one attached hydrogen (secondary N) is 1. The first-order chi connectivity index (χ1) is 11.0. The number of ether oxygens (including phenoxy) is 1. The molecule has 0 aliphatic rings. The molecule has 0 fully saturated rings. The van der Waals surface area contributed by atoms with Gasteiger partial charge in [0, 0.05) is 25.2 Å². The summed E-state index contributed by atoms with van der Waals surface area (Å²) in [7, 11) is 1.45. The molecule has 1 atom stereocenters. The molecule has 0 radical (unpaired) electrons. The fourth-order valence-corrected chi connectivity index (χ4v) is 2.06. The second kappa shape index (κ2) is 7.65. The van der Waals surface area contributed by atoms with Crippen LogP contribution in [0, 0.1) is 0 Å². The number of carbonyl (C=O) groups excluding carboxylic acids is 1. The molecule has 1 aromatic heterocycles. The SMILES string of the molecule is COCCC(NC(=O)c1cc(Cl)ccc1-n1cnnn1)C(=O)O. The van der Waals surface area contributed by atoms with Crippen LogP contribution in [-0.2, 0) is 9.53 Å². The monoisotopic (exact) mass is 339 g/mol. The molecule has 9 nitrogen and oxygen atoms in total. The predicted octanol–water partition coefficient (Wildman–Crippen LogP) is 0.535. The van der Waals surface area contributed by atoms with E-state index in [0.717, 1.165) is 0 Å². The molecule has 0 saturated carbocycles. The largest absolute Gasteiger partial charge is 0.480 e. The quantitative estimate of drug-likeness (QED) is 0.755. The second-order valence-corrected chi connectivity index (χ2v) is 5.00. The molecule has 0 aliphatic carbocycles. The Balaban J connectivity index is 2.27. The molecule has 0 aliphatic heterocycles. The van der Waals surface area contributed by atoms with E-state index in [1.807, 2.05) is 0 Å². The minimum absolute atomic E-state index is 0.137. The number of tetrazole rings is 1. The molecular weight excluding hydrogens is 326 g/mol. The Bertz CT molecular complexity index is 692. The zero-order chi connectivity index (χ0) is 16.8. The molecule has 1 unspecified atom stereocenters. The highest BCUT2D eigenvalue weighted by Crippen LogP contribution is 2.19. The molecule has 0 saturated heterocycles. The van der Waals surface area contributed by atoms with E-state index in [-0.39, 0.29) is 18.6 Å². The van der Waals surface area contributed by atoms with Crippen molar-refractivity contribution in [1.82, 2.24) is 25.5 Å². The number of amides is 1. The summed E-state index contributed by atoms with van der Waals surface area (Å²) in [6.07, 6.45) is 1.46. The molecule has 1 aromatic carbocycles. The zero-order valence-corrected chi connectivity index (χ0v) is 12.9. The third-order valence-electron chi connectivity index (χ3n) is 3.01. The summed E-state index contributed by atoms with van der Waals surface area (Å²) in [5, 5.41) is 22.7. The topological polar surface area (TPSA) is 119 Å². The smallest absolute Gasteiger partial charge is 0.326 e. The maximum atomic E-state index is 12.4. The maximum absolute atomic E-state index is 12.4. The van der Waals surface area contributed by atoms with Crippen molar-refractivity contribution in [2.75, 3.05) is 13.7 Å². The Morgan fingerprint density at radius 1 is 1.48 bits per heavy atom. The van der Waals surface area contributed by atoms with Gasteiger partial charge in [-0.2, -0.15) is 4.68 Å². The molecule has 23 heavy (non-hydrogen) atoms. The number of methoxy groups -OCH3 is 1. The van der Waals surface area contributed by atoms with Crippen LogP contribution >= 0.6 is 11.6 Å². The Hall–Kier alpha value is -2.52. The van der Waals surface area contributed by atoms with Crippen molar-refractivity contribution >= 4 is 23.5 Å². The van der Waals surface area contributed by atoms with E-state index in [1.165, 1.54) is 24.2 Å². The number of carboxylic acids is 1. The van der Waals surface area contributed by atoms with E-state index in [0.29, 0.717) is 10.7 Å². The van der Waals surface area contributed by atoms with Crippen LogP contribution in [0.5, 0.6) is 0 Å². The van der Waals surface area contributed by atoms with Gasteiger partial charge in [0.25, 0.3) is 5.91 Å². The number of rotatable bonds is 7. The van der Waals surface area contributed by atoms with Crippen molar-refractivity contribution in [3.8, 4) is 5.69 Å². The van der Waals surface area contributed by atoms with Gasteiger partial charge in [-0.05, 0) is 28.6 Å². The number of benzene rings is 1. The van der Waals surface area contributed by atoms with Crippen molar-refractivity contribution < 1.29 is 19.4 Å². The van der Waals surface area contributed by atoms with Gasteiger partial charge in [0.2, 0.25) is 0 Å². The Morgan fingerprint density at radius 3 is 2.87 bits per heavy atom. The van der Waals surface area contributed by atoms with E-state index < -0.39 is 17.9 Å². The first-order valence-corrected chi connectivity index (χ1v) is 6.96. The number of nitrogens with zero attached hydrogens (tertiary/aromatic N) is 4. The normalized spacial score (nSPS) is 11.9. The second-order valence-electron chi connectivity index (χ2n) is 4.56. The van der Waals surface area contributed by atoms with E-state index in [2.05, 4.69) is 20.8 Å². The summed E-state index contributed by atoms with van der Waals surface area (Å²) in [5.41, 5.74) is 0.543. The minimum Gasteiger partial charge on any atom is -0.480 e. The fourth-order valence-electron chi connectivity index (χ4n) is 1.89. The van der Waals surface area contributed by atoms with E-state index in [9.17, 15) is 9.59 Å². The van der Waals surface area contributed by atoms with Gasteiger partial charge in [-0.1, -0.05) is 11.6 Å². The summed E-state index contributed by atoms with van der Waals surface area (Å²) in [6.45, 7) is 0.201. The van der Waals surface area contributed by atoms with Crippen molar-refractivity contribution in [3.05, 3.63) is 35.1 Å². The van der Waals surface area contributed by atoms with E-state index >= 15 is 0 Å². The molecule has 1 amide bonds. The predicted molar refractivity (Wildman–Crippen MR) is 79.5 cm³/mol. The van der Waals surface area contributed by atoms with Gasteiger partial charge in [-0.25, -0.2) is 4.79 Å². The van der Waals surface area contributed by atoms with Crippen molar-refractivity contribution in [3.63, 3.8) is 0 Å². The third-order valence-corrected chi connectivity index (χ3v) is 3.25. The van der Waals surface area contributed by atoms with Crippen LogP contribution in [0.4, 0.5) is 0 Å². The lowest BCUT2D eigenvalue weighted by Gasteiger charge is -2.15. The summed E-state index contributed by atoms with van der Waals surface area (Å²) in [5.74, 6) is -1.75. The average molecular weight is 340 g/mol. The zero-order valence-electron chi connectivity index (χ0n) is 12.1. The highest BCUT2D eigenvalue weighted by Gasteiger charge is 2.22. The van der Waals surface area contributed by atoms with Crippen LogP contribution in [0.25, 0.3) is 5.69 Å². The van der Waals surface area contributed by atoms with Gasteiger partial charge in [0.05, 0.1) is 11.3 Å². The summed E-state index contributed by atoms with van der Waals surface area (Å²) < 4.78 is 6.13. The number of halogens is 1. The Labute approximate surface area is 136 Å². The van der Waals surface area contributed by atoms with E-state index in [1.54, 1.807) is 12.1 Å². The minimum atomic E-state index is -1.15. The summed E-state index contributed by atoms with van der Waals surface area (Å²) in [4.78, 5) is 23.7. The molecule has 2 N–H and O–H groups in total. The molecule has 2 rings (SSSR count). The molecule has 1 heterocycles. The highest BCUT2D eigenvalue weighted by molar-refractivity contribution is 6.31. The fraction of sp³-hybridized carbons (Fsp3) is 0.308. The Morgan fingerprint density at radius 2 is 2.26 bits per heavy atom. The lowest BCUT2D eigenvalue weighted by molar-refractivity contribution is -0.139. The first-order valence-electron chi connectivity index (χ1n) is 6.58. The number of carbonyl (C=O) groups is 2. The number of aromatic nitrogens is 4. The van der Waals surface area contributed by atoms with Gasteiger partial charge in [-0.15, -0.1) is 5.10 Å². The number of hydrogen-bond acceptors (Lipinski definition) is 6. The maximum Gasteiger partial charge on any atom is 0.326 e. The highest BCUT2D eigenvalue weighted by atomic mass is 35.5. The number of aliphatic carboxylic acids is 1. The summed E-state index contributed by atoms with van der Waals surface area (Å²) >= 11 is 5.93. The standard InChI is InChI=1S/C13H14ClN5O4/c1-23-5-4-10(13(21)22)16-12(20)9-6-8(14)2-3-11(9)19-7-15-17-18-19/h2-3,6-7,10H,4-5H2,1H3,(H,16,20)(H,21,22). The third kappa shape index (κ3) is 4.24. The number of hydrogen-bond donors (Lipinski definition) is 2. The molecular formula is C13H14ClN5O4. The molecule has 2 aromatic rings. The lowest BCUT2D eigenvalue weighted by Crippen LogP contribution is -2.41. The van der Waals surface area contributed by atoms with Crippen molar-refractivity contribution in [2.45, 2.75) is 12.5 Å². The van der Waals surface area contributed by atoms with Crippen molar-refractivity contribution in [1.29, 1.82) is 0 Å². The van der Waals surface area contributed by atoms with Gasteiger partial charge >= 0.3 is 5.97 Å². The van der Waals surface area contributed by atoms with Gasteiger partial charge in [-0.3, -0.25) is 4.79 Å². The summed E-state index contributed by atoms with van der Waals surface area (Å²) in [6, 6.07) is 3.49. The molecule has 0 spiro atoms. The van der Waals surface area contributed by atoms with Crippen LogP contribution in [0.3, 0.4) is 0 Å².